The summed E-state index contributed by atoms with van der Waals surface area (Å²) in [6.07, 6.45) is 1.30. The molecule has 4 aromatic rings. The zero-order chi connectivity index (χ0) is 24.4. The first-order valence-electron chi connectivity index (χ1n) is 10.2. The summed E-state index contributed by atoms with van der Waals surface area (Å²) in [5, 5.41) is 3.69. The van der Waals surface area contributed by atoms with Gasteiger partial charge in [-0.1, -0.05) is 53.5 Å². The summed E-state index contributed by atoms with van der Waals surface area (Å²) in [5.74, 6) is -1.00. The molecule has 1 unspecified atom stereocenters. The van der Waals surface area contributed by atoms with E-state index < -0.39 is 23.5 Å². The number of rotatable bonds is 6. The first-order valence-corrected chi connectivity index (χ1v) is 11.8. The van der Waals surface area contributed by atoms with Gasteiger partial charge in [0.15, 0.2) is 0 Å². The number of halogens is 2. The van der Waals surface area contributed by atoms with Gasteiger partial charge in [-0.25, -0.2) is 9.78 Å². The monoisotopic (exact) mass is 515 g/mol. The number of ether oxygens (including phenoxy) is 1. The molecule has 1 N–H and O–H groups in total. The molecule has 10 heteroatoms. The van der Waals surface area contributed by atoms with Gasteiger partial charge in [0.05, 0.1) is 22.4 Å². The fourth-order valence-electron chi connectivity index (χ4n) is 3.35. The van der Waals surface area contributed by atoms with Crippen molar-refractivity contribution >= 4 is 62.3 Å². The predicted octanol–water partition coefficient (Wildman–Crippen LogP) is 5.63. The molecule has 0 bridgehead atoms. The van der Waals surface area contributed by atoms with Crippen molar-refractivity contribution in [2.75, 3.05) is 5.32 Å². The first-order chi connectivity index (χ1) is 16.3. The lowest BCUT2D eigenvalue weighted by Crippen LogP contribution is -2.31. The van der Waals surface area contributed by atoms with E-state index in [2.05, 4.69) is 10.3 Å². The average Bonchev–Trinajstić information content (AvgIpc) is 3.17. The lowest BCUT2D eigenvalue weighted by molar-refractivity contribution is -0.118. The first kappa shape index (κ1) is 23.9. The van der Waals surface area contributed by atoms with Gasteiger partial charge in [0.25, 0.3) is 5.56 Å². The second-order valence-electron chi connectivity index (χ2n) is 7.54. The number of hydrogen-bond acceptors (Lipinski definition) is 6. The molecule has 0 saturated heterocycles. The number of nitrogens with zero attached hydrogens (tertiary/aromatic N) is 2. The zero-order valence-electron chi connectivity index (χ0n) is 18.2. The highest BCUT2D eigenvalue weighted by Crippen LogP contribution is 2.29. The topological polar surface area (TPSA) is 90.3 Å². The van der Waals surface area contributed by atoms with Crippen molar-refractivity contribution in [3.63, 3.8) is 0 Å². The third-order valence-corrected chi connectivity index (χ3v) is 7.00. The molecule has 0 aliphatic heterocycles. The molecule has 174 valence electrons. The number of fused-ring (bicyclic) bond motifs is 1. The lowest BCUT2D eigenvalue weighted by Gasteiger charge is -2.15. The van der Waals surface area contributed by atoms with Crippen LogP contribution in [-0.2, 0) is 16.1 Å². The number of nitrogens with one attached hydrogen (secondary N) is 1. The van der Waals surface area contributed by atoms with Gasteiger partial charge >= 0.3 is 5.97 Å². The molecule has 1 atom stereocenters. The van der Waals surface area contributed by atoms with Crippen molar-refractivity contribution in [1.82, 2.24) is 9.55 Å². The number of carbonyl (C=O) groups excluding carboxylic acids is 2. The van der Waals surface area contributed by atoms with E-state index >= 15 is 0 Å². The molecule has 1 amide bonds. The zero-order valence-corrected chi connectivity index (χ0v) is 20.5. The second kappa shape index (κ2) is 9.97. The van der Waals surface area contributed by atoms with E-state index in [1.54, 1.807) is 26.0 Å². The molecule has 0 aliphatic rings. The number of esters is 1. The molecule has 0 radical (unpaired) electrons. The summed E-state index contributed by atoms with van der Waals surface area (Å²) >= 11 is 13.2. The molecule has 0 saturated carbocycles. The number of anilines is 1. The van der Waals surface area contributed by atoms with Gasteiger partial charge in [-0.3, -0.25) is 14.2 Å². The Labute approximate surface area is 208 Å². The van der Waals surface area contributed by atoms with Crippen LogP contribution in [0.25, 0.3) is 10.2 Å². The van der Waals surface area contributed by atoms with Crippen LogP contribution in [0.1, 0.15) is 33.8 Å². The van der Waals surface area contributed by atoms with E-state index in [4.69, 9.17) is 27.9 Å². The minimum absolute atomic E-state index is 0.119. The number of amides is 1. The maximum absolute atomic E-state index is 13.2. The number of carbonyl (C=O) groups is 2. The predicted molar refractivity (Wildman–Crippen MR) is 134 cm³/mol. The lowest BCUT2D eigenvalue weighted by atomic mass is 10.2. The molecule has 7 nitrogen and oxygen atoms in total. The molecule has 4 rings (SSSR count). The Balaban J connectivity index is 1.59. The van der Waals surface area contributed by atoms with Gasteiger partial charge in [0, 0.05) is 5.02 Å². The molecule has 0 fully saturated rings. The number of aryl methyl sites for hydroxylation is 1. The van der Waals surface area contributed by atoms with Crippen LogP contribution >= 0.6 is 34.5 Å². The number of hydrogen-bond donors (Lipinski definition) is 1. The van der Waals surface area contributed by atoms with Gasteiger partial charge in [0.1, 0.15) is 22.4 Å². The Kier molecular flexibility index (Phi) is 7.02. The van der Waals surface area contributed by atoms with Crippen LogP contribution in [0.15, 0.2) is 59.7 Å². The van der Waals surface area contributed by atoms with E-state index in [0.29, 0.717) is 31.0 Å². The van der Waals surface area contributed by atoms with Crippen molar-refractivity contribution in [1.29, 1.82) is 0 Å². The van der Waals surface area contributed by atoms with Crippen molar-refractivity contribution in [3.05, 3.63) is 91.3 Å². The smallest absolute Gasteiger partial charge is 0.349 e. The second-order valence-corrected chi connectivity index (χ2v) is 9.39. The molecular formula is C24H19Cl2N3O4S. The van der Waals surface area contributed by atoms with Crippen LogP contribution in [0.5, 0.6) is 0 Å². The minimum Gasteiger partial charge on any atom is -0.457 e. The van der Waals surface area contributed by atoms with E-state index in [9.17, 15) is 14.4 Å². The highest BCUT2D eigenvalue weighted by molar-refractivity contribution is 7.20. The Hall–Kier alpha value is -3.20. The van der Waals surface area contributed by atoms with Crippen LogP contribution in [0.3, 0.4) is 0 Å². The van der Waals surface area contributed by atoms with Crippen molar-refractivity contribution in [2.24, 2.45) is 0 Å². The molecular weight excluding hydrogens is 497 g/mol. The molecule has 0 spiro atoms. The average molecular weight is 516 g/mol. The summed E-state index contributed by atoms with van der Waals surface area (Å²) in [5.41, 5.74) is 1.23. The normalized spacial score (nSPS) is 11.9. The van der Waals surface area contributed by atoms with Crippen LogP contribution in [-0.4, -0.2) is 21.4 Å². The Morgan fingerprint density at radius 3 is 2.65 bits per heavy atom. The Bertz CT molecular complexity index is 1450. The highest BCUT2D eigenvalue weighted by Gasteiger charge is 2.24. The van der Waals surface area contributed by atoms with Crippen LogP contribution in [0, 0.1) is 6.92 Å². The maximum atomic E-state index is 13.2. The van der Waals surface area contributed by atoms with Gasteiger partial charge in [-0.2, -0.15) is 0 Å². The van der Waals surface area contributed by atoms with Crippen LogP contribution < -0.4 is 10.9 Å². The van der Waals surface area contributed by atoms with E-state index in [0.717, 1.165) is 16.9 Å². The quantitative estimate of drug-likeness (QED) is 0.336. The third-order valence-electron chi connectivity index (χ3n) is 5.26. The summed E-state index contributed by atoms with van der Waals surface area (Å²) in [6.45, 7) is 3.36. The standard InChI is InChI=1S/C24H19Cl2N3O4S/c1-13-19-22(34-20(13)24(32)33-11-15-6-4-3-5-7-15)27-12-29(23(19)31)14(2)21(30)28-18-10-16(25)8-9-17(18)26/h3-10,12,14H,11H2,1-2H3,(H,28,30). The van der Waals surface area contributed by atoms with Gasteiger partial charge in [-0.15, -0.1) is 11.3 Å². The molecule has 2 aromatic heterocycles. The van der Waals surface area contributed by atoms with Crippen molar-refractivity contribution < 1.29 is 14.3 Å². The van der Waals surface area contributed by atoms with Crippen molar-refractivity contribution in [3.8, 4) is 0 Å². The van der Waals surface area contributed by atoms with Gasteiger partial charge in [-0.05, 0) is 43.2 Å². The van der Waals surface area contributed by atoms with Crippen LogP contribution in [0.4, 0.5) is 5.69 Å². The summed E-state index contributed by atoms with van der Waals surface area (Å²) < 4.78 is 6.63. The van der Waals surface area contributed by atoms with E-state index in [1.165, 1.54) is 17.0 Å². The fraction of sp³-hybridized carbons (Fsp3) is 0.167. The fourth-order valence-corrected chi connectivity index (χ4v) is 4.72. The number of thiophene rings is 1. The van der Waals surface area contributed by atoms with Gasteiger partial charge in [0.2, 0.25) is 5.91 Å². The minimum atomic E-state index is -0.896. The summed E-state index contributed by atoms with van der Waals surface area (Å²) in [7, 11) is 0. The molecule has 2 aromatic carbocycles. The van der Waals surface area contributed by atoms with Crippen molar-refractivity contribution in [2.45, 2.75) is 26.5 Å². The van der Waals surface area contributed by atoms with Crippen LogP contribution in [0.2, 0.25) is 10.0 Å². The Morgan fingerprint density at radius 1 is 1.18 bits per heavy atom. The third kappa shape index (κ3) is 4.84. The summed E-state index contributed by atoms with van der Waals surface area (Å²) in [4.78, 5) is 43.7. The Morgan fingerprint density at radius 2 is 1.91 bits per heavy atom. The maximum Gasteiger partial charge on any atom is 0.349 e. The largest absolute Gasteiger partial charge is 0.457 e. The van der Waals surface area contributed by atoms with E-state index in [-0.39, 0.29) is 12.0 Å². The molecule has 34 heavy (non-hydrogen) atoms. The number of benzene rings is 2. The molecule has 0 aliphatic carbocycles. The number of aromatic nitrogens is 2. The molecule has 2 heterocycles. The summed E-state index contributed by atoms with van der Waals surface area (Å²) in [6, 6.07) is 13.1. The van der Waals surface area contributed by atoms with Gasteiger partial charge < -0.3 is 10.1 Å². The highest BCUT2D eigenvalue weighted by atomic mass is 35.5. The SMILES string of the molecule is Cc1c(C(=O)OCc2ccccc2)sc2ncn(C(C)C(=O)Nc3cc(Cl)ccc3Cl)c(=O)c12. The van der Waals surface area contributed by atoms with E-state index in [1.807, 2.05) is 30.3 Å².